The van der Waals surface area contributed by atoms with Crippen molar-refractivity contribution in [2.24, 2.45) is 0 Å². The Morgan fingerprint density at radius 3 is 1.32 bits per heavy atom. The molecule has 0 heterocycles. The van der Waals surface area contributed by atoms with Crippen LogP contribution < -0.4 is 45.2 Å². The number of nitro groups is 2. The first-order valence-corrected chi connectivity index (χ1v) is 19.4. The summed E-state index contributed by atoms with van der Waals surface area (Å²) in [5.41, 5.74) is -0.716. The molecule has 282 valence electrons. The Hall–Kier alpha value is -6.64. The van der Waals surface area contributed by atoms with Gasteiger partial charge in [-0.15, -0.1) is 10.2 Å². The number of carbonyl (C=O) groups excluding carboxylic acids is 2. The van der Waals surface area contributed by atoms with Crippen molar-refractivity contribution in [1.29, 1.82) is 0 Å². The number of halogens is 1. The van der Waals surface area contributed by atoms with Crippen molar-refractivity contribution in [3.8, 4) is 0 Å². The van der Waals surface area contributed by atoms with Crippen LogP contribution in [0.3, 0.4) is 0 Å². The molecule has 0 aromatic heterocycles. The van der Waals surface area contributed by atoms with E-state index in [2.05, 4.69) is 10.6 Å². The largest absolute Gasteiger partial charge is 0.315 e. The molecule has 0 bridgehead atoms. The molecule has 0 fully saturated rings. The standard InChI is InChI=1S/C40H29N4O6P.ClHO4/c45-39(30-18-8-2-9-19-30)42-37(40(46)41-35-27-26-31(43(47)48)28-36(35)44(49)50)38(29-16-6-1-7-17-29)51(32-20-10-3-11-21-32,33-22-12-4-13-23-33)34-24-14-5-15-25-34;2-1(3,4)5/h1-28H,(H-,41,42,45,46);(H,2,3,4,5)/b38-37-;. The molecule has 0 radical (unpaired) electrons. The van der Waals surface area contributed by atoms with Crippen molar-refractivity contribution >= 4 is 57.4 Å². The normalized spacial score (nSPS) is 11.6. The van der Waals surface area contributed by atoms with E-state index in [0.29, 0.717) is 10.9 Å². The molecule has 0 aliphatic rings. The quantitative estimate of drug-likeness (QED) is 0.0841. The molecule has 0 saturated heterocycles. The fourth-order valence-corrected chi connectivity index (χ4v) is 10.5. The molecule has 0 saturated carbocycles. The van der Waals surface area contributed by atoms with Gasteiger partial charge in [0.1, 0.15) is 34.2 Å². The topological polar surface area (TPSA) is 237 Å². The zero-order valence-corrected chi connectivity index (χ0v) is 30.6. The molecule has 0 unspecified atom stereocenters. The second-order valence-electron chi connectivity index (χ2n) is 11.6. The molecule has 6 rings (SSSR count). The summed E-state index contributed by atoms with van der Waals surface area (Å²) < 4.78 is 34.0. The highest BCUT2D eigenvalue weighted by atomic mass is 35.7. The first-order valence-electron chi connectivity index (χ1n) is 16.4. The zero-order chi connectivity index (χ0) is 40.3. The van der Waals surface area contributed by atoms with Crippen LogP contribution in [0.25, 0.3) is 5.31 Å². The summed E-state index contributed by atoms with van der Waals surface area (Å²) in [7, 11) is -8.06. The van der Waals surface area contributed by atoms with E-state index in [1.807, 2.05) is 121 Å². The van der Waals surface area contributed by atoms with E-state index in [0.717, 1.165) is 34.1 Å². The molecule has 0 aliphatic carbocycles. The SMILES string of the molecule is O=C(Nc1ccc([N+](=O)[O-])cc1[N+](=O)[O-])/C(NC(=O)c1ccccc1)=C(\c1ccccc1)[P+](c1ccccc1)(c1ccccc1)c1ccccc1.[O-][Cl+3]([O-])([O-])[O-]. The van der Waals surface area contributed by atoms with E-state index in [1.54, 1.807) is 30.3 Å². The zero-order valence-electron chi connectivity index (χ0n) is 29.0. The molecule has 0 aliphatic heterocycles. The molecule has 56 heavy (non-hydrogen) atoms. The summed E-state index contributed by atoms with van der Waals surface area (Å²) in [5.74, 6) is -1.44. The first kappa shape index (κ1) is 40.5. The predicted molar refractivity (Wildman–Crippen MR) is 201 cm³/mol. The third kappa shape index (κ3) is 9.71. The van der Waals surface area contributed by atoms with E-state index in [-0.39, 0.29) is 16.9 Å². The van der Waals surface area contributed by atoms with Gasteiger partial charge in [0.25, 0.3) is 23.2 Å². The van der Waals surface area contributed by atoms with Gasteiger partial charge < -0.3 is 10.6 Å². The maximum Gasteiger partial charge on any atom is 0.299 e. The van der Waals surface area contributed by atoms with Gasteiger partial charge in [-0.25, -0.2) is 18.6 Å². The summed E-state index contributed by atoms with van der Waals surface area (Å²) >= 11 is 0. The minimum atomic E-state index is -4.94. The monoisotopic (exact) mass is 792 g/mol. The Bertz CT molecular complexity index is 2250. The second-order valence-corrected chi connectivity index (χ2v) is 15.7. The Kier molecular flexibility index (Phi) is 13.1. The fraction of sp³-hybridized carbons (Fsp3) is 0. The van der Waals surface area contributed by atoms with Crippen LogP contribution in [0.5, 0.6) is 0 Å². The van der Waals surface area contributed by atoms with E-state index in [4.69, 9.17) is 18.6 Å². The summed E-state index contributed by atoms with van der Waals surface area (Å²) in [6.07, 6.45) is 0. The molecule has 0 spiro atoms. The summed E-state index contributed by atoms with van der Waals surface area (Å²) in [4.78, 5) is 51.0. The minimum Gasteiger partial charge on any atom is -0.315 e. The van der Waals surface area contributed by atoms with Gasteiger partial charge in [-0.3, -0.25) is 29.8 Å². The molecule has 2 N–H and O–H groups in total. The van der Waals surface area contributed by atoms with Gasteiger partial charge >= 0.3 is 0 Å². The summed E-state index contributed by atoms with van der Waals surface area (Å²) in [6.45, 7) is 0. The number of carbonyl (C=O) groups is 2. The van der Waals surface area contributed by atoms with Gasteiger partial charge in [-0.2, -0.15) is 0 Å². The molecule has 16 heteroatoms. The maximum atomic E-state index is 14.9. The summed E-state index contributed by atoms with van der Waals surface area (Å²) in [5, 5.41) is 32.3. The number of nitrogens with zero attached hydrogens (tertiary/aromatic N) is 2. The van der Waals surface area contributed by atoms with Gasteiger partial charge in [0.15, 0.2) is 5.70 Å². The van der Waals surface area contributed by atoms with Gasteiger partial charge in [0.2, 0.25) is 0 Å². The third-order valence-electron chi connectivity index (χ3n) is 8.19. The first-order chi connectivity index (χ1) is 26.8. The van der Waals surface area contributed by atoms with Crippen LogP contribution in [0.1, 0.15) is 15.9 Å². The lowest BCUT2D eigenvalue weighted by Crippen LogP contribution is -2.68. The number of anilines is 1. The van der Waals surface area contributed by atoms with E-state index < -0.39 is 50.5 Å². The fourth-order valence-electron chi connectivity index (χ4n) is 5.96. The van der Waals surface area contributed by atoms with Crippen LogP contribution in [0.15, 0.2) is 176 Å². The number of nitrogens with one attached hydrogen (secondary N) is 2. The van der Waals surface area contributed by atoms with Gasteiger partial charge in [-0.1, -0.05) is 103 Å². The Morgan fingerprint density at radius 2 is 0.929 bits per heavy atom. The van der Waals surface area contributed by atoms with Crippen LogP contribution in [0, 0.1) is 30.5 Å². The van der Waals surface area contributed by atoms with Crippen molar-refractivity contribution in [3.05, 3.63) is 207 Å². The summed E-state index contributed by atoms with van der Waals surface area (Å²) in [6, 6.07) is 49.8. The van der Waals surface area contributed by atoms with Gasteiger partial charge in [0, 0.05) is 17.2 Å². The molecule has 0 atom stereocenters. The number of rotatable bonds is 11. The number of nitro benzene ring substituents is 2. The number of non-ortho nitro benzene ring substituents is 1. The average molecular weight is 793 g/mol. The Morgan fingerprint density at radius 1 is 0.536 bits per heavy atom. The number of amides is 2. The lowest BCUT2D eigenvalue weighted by Gasteiger charge is -2.31. The minimum absolute atomic E-state index is 0.146. The van der Waals surface area contributed by atoms with Gasteiger partial charge in [0.05, 0.1) is 15.9 Å². The molecule has 14 nitrogen and oxygen atoms in total. The number of benzene rings is 6. The number of hydrogen-bond acceptors (Lipinski definition) is 10. The Balaban J connectivity index is 0.00000113. The molecule has 6 aromatic carbocycles. The second kappa shape index (κ2) is 18.1. The highest BCUT2D eigenvalue weighted by Gasteiger charge is 2.53. The predicted octanol–water partition coefficient (Wildman–Crippen LogP) is 2.48. The van der Waals surface area contributed by atoms with Crippen molar-refractivity contribution in [3.63, 3.8) is 0 Å². The lowest BCUT2D eigenvalue weighted by molar-refractivity contribution is -2.00. The third-order valence-corrected chi connectivity index (χ3v) is 12.6. The van der Waals surface area contributed by atoms with Crippen molar-refractivity contribution < 1.29 is 48.3 Å². The molecular weight excluding hydrogens is 763 g/mol. The van der Waals surface area contributed by atoms with Crippen LogP contribution in [0.4, 0.5) is 17.1 Å². The molecule has 2 amide bonds. The highest BCUT2D eigenvalue weighted by molar-refractivity contribution is 8.03. The average Bonchev–Trinajstić information content (AvgIpc) is 3.20. The number of hydrogen-bond donors (Lipinski definition) is 2. The van der Waals surface area contributed by atoms with Crippen LogP contribution in [-0.2, 0) is 4.79 Å². The van der Waals surface area contributed by atoms with E-state index >= 15 is 0 Å². The van der Waals surface area contributed by atoms with E-state index in [1.165, 1.54) is 0 Å². The van der Waals surface area contributed by atoms with Crippen LogP contribution >= 0.6 is 7.26 Å². The molecule has 6 aromatic rings. The van der Waals surface area contributed by atoms with Crippen LogP contribution in [0.2, 0.25) is 0 Å². The van der Waals surface area contributed by atoms with Crippen molar-refractivity contribution in [2.45, 2.75) is 0 Å². The van der Waals surface area contributed by atoms with Crippen molar-refractivity contribution in [2.75, 3.05) is 5.32 Å². The van der Waals surface area contributed by atoms with Crippen molar-refractivity contribution in [1.82, 2.24) is 5.32 Å². The lowest BCUT2D eigenvalue weighted by atomic mass is 10.1. The molecular formula is C40H30ClN4O10P. The van der Waals surface area contributed by atoms with Gasteiger partial charge in [-0.05, 0) is 54.6 Å². The highest BCUT2D eigenvalue weighted by Crippen LogP contribution is 2.67. The van der Waals surface area contributed by atoms with Crippen LogP contribution in [-0.4, -0.2) is 21.7 Å². The Labute approximate surface area is 322 Å². The maximum absolute atomic E-state index is 14.9. The smallest absolute Gasteiger partial charge is 0.299 e. The van der Waals surface area contributed by atoms with E-state index in [9.17, 15) is 29.8 Å².